The summed E-state index contributed by atoms with van der Waals surface area (Å²) in [6, 6.07) is 7.39. The molecule has 5 atom stereocenters. The summed E-state index contributed by atoms with van der Waals surface area (Å²) in [5.74, 6) is 0.417. The van der Waals surface area contributed by atoms with Gasteiger partial charge in [-0.1, -0.05) is 12.1 Å². The van der Waals surface area contributed by atoms with E-state index in [1.807, 2.05) is 24.3 Å². The molecule has 0 radical (unpaired) electrons. The summed E-state index contributed by atoms with van der Waals surface area (Å²) in [4.78, 5) is 3.07. The molecule has 120 valence electrons. The molecular formula is C14H16BrNO6. The van der Waals surface area contributed by atoms with Gasteiger partial charge in [0, 0.05) is 5.39 Å². The van der Waals surface area contributed by atoms with Gasteiger partial charge in [-0.05, 0) is 28.1 Å². The van der Waals surface area contributed by atoms with Crippen molar-refractivity contribution in [3.8, 4) is 5.75 Å². The molecule has 2 heterocycles. The zero-order chi connectivity index (χ0) is 15.9. The van der Waals surface area contributed by atoms with Gasteiger partial charge in [0.05, 0.1) is 12.1 Å². The highest BCUT2D eigenvalue weighted by Crippen LogP contribution is 2.36. The zero-order valence-corrected chi connectivity index (χ0v) is 13.0. The van der Waals surface area contributed by atoms with Crippen LogP contribution in [-0.2, 0) is 4.74 Å². The van der Waals surface area contributed by atoms with Crippen LogP contribution in [0.4, 0.5) is 0 Å². The van der Waals surface area contributed by atoms with E-state index in [-0.39, 0.29) is 0 Å². The van der Waals surface area contributed by atoms with Gasteiger partial charge in [-0.2, -0.15) is 0 Å². The second kappa shape index (κ2) is 6.15. The summed E-state index contributed by atoms with van der Waals surface area (Å²) in [5.41, 5.74) is 0.828. The van der Waals surface area contributed by atoms with Gasteiger partial charge in [0.25, 0.3) is 0 Å². The first-order chi connectivity index (χ1) is 10.5. The molecule has 1 aromatic carbocycles. The summed E-state index contributed by atoms with van der Waals surface area (Å²) >= 11 is 3.34. The van der Waals surface area contributed by atoms with Crippen molar-refractivity contribution in [3.63, 3.8) is 0 Å². The minimum absolute atomic E-state index is 0.417. The van der Waals surface area contributed by atoms with Crippen molar-refractivity contribution in [1.82, 2.24) is 4.98 Å². The number of aliphatic hydroxyl groups is 4. The van der Waals surface area contributed by atoms with Crippen molar-refractivity contribution in [2.45, 2.75) is 30.7 Å². The number of fused-ring (bicyclic) bond motifs is 1. The van der Waals surface area contributed by atoms with Crippen LogP contribution in [0.25, 0.3) is 10.9 Å². The molecule has 0 aliphatic carbocycles. The lowest BCUT2D eigenvalue weighted by atomic mass is 9.99. The van der Waals surface area contributed by atoms with Crippen LogP contribution < -0.4 is 4.74 Å². The van der Waals surface area contributed by atoms with Gasteiger partial charge in [0.2, 0.25) is 6.29 Å². The number of ether oxygens (including phenoxy) is 2. The maximum atomic E-state index is 10.0. The Morgan fingerprint density at radius 2 is 1.86 bits per heavy atom. The van der Waals surface area contributed by atoms with Crippen molar-refractivity contribution >= 4 is 26.8 Å². The fourth-order valence-corrected chi connectivity index (χ4v) is 3.00. The number of hydrogen-bond acceptors (Lipinski definition) is 6. The Balaban J connectivity index is 1.89. The summed E-state index contributed by atoms with van der Waals surface area (Å²) < 4.78 is 11.6. The number of benzene rings is 1. The highest BCUT2D eigenvalue weighted by molar-refractivity contribution is 9.10. The predicted octanol–water partition coefficient (Wildman–Crippen LogP) is 0.109. The topological polar surface area (TPSA) is 115 Å². The number of aromatic nitrogens is 1. The normalized spacial score (nSPS) is 32.3. The molecule has 0 spiro atoms. The molecule has 0 unspecified atom stereocenters. The van der Waals surface area contributed by atoms with Crippen molar-refractivity contribution in [2.75, 3.05) is 6.61 Å². The Labute approximate surface area is 134 Å². The Hall–Kier alpha value is -1.16. The standard InChI is InChI=1S/C14H16BrNO6/c15-13-12(6-3-1-2-4-7(6)16-13)22-14-11(20)10(19)9(18)8(5-17)21-14/h1-4,8-11,14,16-20H,5H2/t8-,9+,10+,11-,14+/m1/s1. The molecule has 1 aromatic heterocycles. The van der Waals surface area contributed by atoms with E-state index >= 15 is 0 Å². The smallest absolute Gasteiger partial charge is 0.229 e. The first-order valence-electron chi connectivity index (χ1n) is 6.76. The lowest BCUT2D eigenvalue weighted by molar-refractivity contribution is -0.277. The molecule has 0 saturated carbocycles. The average molecular weight is 374 g/mol. The minimum atomic E-state index is -1.47. The van der Waals surface area contributed by atoms with Crippen LogP contribution in [0, 0.1) is 0 Å². The number of para-hydroxylation sites is 1. The van der Waals surface area contributed by atoms with Crippen molar-refractivity contribution in [2.24, 2.45) is 0 Å². The number of aliphatic hydroxyl groups excluding tert-OH is 4. The van der Waals surface area contributed by atoms with Gasteiger partial charge in [0.15, 0.2) is 5.75 Å². The summed E-state index contributed by atoms with van der Waals surface area (Å²) in [5, 5.41) is 39.5. The first kappa shape index (κ1) is 15.7. The molecule has 8 heteroatoms. The fourth-order valence-electron chi connectivity index (χ4n) is 2.48. The van der Waals surface area contributed by atoms with E-state index in [1.54, 1.807) is 0 Å². The lowest BCUT2D eigenvalue weighted by Gasteiger charge is -2.39. The summed E-state index contributed by atoms with van der Waals surface area (Å²) in [7, 11) is 0. The molecule has 1 aliphatic rings. The van der Waals surface area contributed by atoms with Crippen LogP contribution in [0.15, 0.2) is 28.9 Å². The molecule has 3 rings (SSSR count). The number of halogens is 1. The molecule has 1 aliphatic heterocycles. The molecule has 7 nitrogen and oxygen atoms in total. The highest BCUT2D eigenvalue weighted by atomic mass is 79.9. The molecule has 5 N–H and O–H groups in total. The number of hydrogen-bond donors (Lipinski definition) is 5. The van der Waals surface area contributed by atoms with Crippen LogP contribution in [0.1, 0.15) is 0 Å². The van der Waals surface area contributed by atoms with Gasteiger partial charge in [0.1, 0.15) is 29.0 Å². The molecule has 0 amide bonds. The van der Waals surface area contributed by atoms with Gasteiger partial charge < -0.3 is 34.9 Å². The third-order valence-corrected chi connectivity index (χ3v) is 4.26. The van der Waals surface area contributed by atoms with Gasteiger partial charge in [-0.25, -0.2) is 0 Å². The molecule has 22 heavy (non-hydrogen) atoms. The van der Waals surface area contributed by atoms with Gasteiger partial charge in [-0.15, -0.1) is 0 Å². The monoisotopic (exact) mass is 373 g/mol. The molecule has 1 saturated heterocycles. The summed E-state index contributed by atoms with van der Waals surface area (Å²) in [6.07, 6.45) is -6.55. The van der Waals surface area contributed by atoms with E-state index in [9.17, 15) is 20.4 Å². The SMILES string of the molecule is OC[C@H]1O[C@@H](Oc2c(Br)[nH]c3ccccc23)[C@H](O)[C@@H](O)[C@H]1O. The maximum Gasteiger partial charge on any atom is 0.229 e. The van der Waals surface area contributed by atoms with Crippen LogP contribution >= 0.6 is 15.9 Å². The number of aromatic amines is 1. The second-order valence-corrected chi connectivity index (χ2v) is 5.92. The van der Waals surface area contributed by atoms with Crippen LogP contribution in [0.5, 0.6) is 5.75 Å². The number of rotatable bonds is 3. The molecular weight excluding hydrogens is 358 g/mol. The largest absolute Gasteiger partial charge is 0.459 e. The van der Waals surface area contributed by atoms with Crippen molar-refractivity contribution in [3.05, 3.63) is 28.9 Å². The van der Waals surface area contributed by atoms with E-state index in [0.29, 0.717) is 10.4 Å². The Morgan fingerprint density at radius 3 is 2.59 bits per heavy atom. The number of nitrogens with one attached hydrogen (secondary N) is 1. The van der Waals surface area contributed by atoms with Crippen LogP contribution in [-0.4, -0.2) is 62.7 Å². The van der Waals surface area contributed by atoms with Gasteiger partial charge in [-0.3, -0.25) is 0 Å². The van der Waals surface area contributed by atoms with Crippen LogP contribution in [0.3, 0.4) is 0 Å². The van der Waals surface area contributed by atoms with E-state index in [4.69, 9.17) is 9.47 Å². The Bertz CT molecular complexity index is 660. The Morgan fingerprint density at radius 1 is 1.14 bits per heavy atom. The third-order valence-electron chi connectivity index (χ3n) is 3.70. The summed E-state index contributed by atoms with van der Waals surface area (Å²) in [6.45, 7) is -0.500. The second-order valence-electron chi connectivity index (χ2n) is 5.13. The van der Waals surface area contributed by atoms with Crippen molar-refractivity contribution in [1.29, 1.82) is 0 Å². The predicted molar refractivity (Wildman–Crippen MR) is 80.4 cm³/mol. The van der Waals surface area contributed by atoms with Crippen LogP contribution in [0.2, 0.25) is 0 Å². The first-order valence-corrected chi connectivity index (χ1v) is 7.55. The Kier molecular flexibility index (Phi) is 4.40. The minimum Gasteiger partial charge on any atom is -0.459 e. The molecule has 1 fully saturated rings. The average Bonchev–Trinajstić information content (AvgIpc) is 2.83. The molecule has 0 bridgehead atoms. The lowest BCUT2D eigenvalue weighted by Crippen LogP contribution is -2.60. The maximum absolute atomic E-state index is 10.0. The zero-order valence-electron chi connectivity index (χ0n) is 11.4. The van der Waals surface area contributed by atoms with E-state index < -0.39 is 37.3 Å². The van der Waals surface area contributed by atoms with Crippen molar-refractivity contribution < 1.29 is 29.9 Å². The third kappa shape index (κ3) is 2.62. The fraction of sp³-hybridized carbons (Fsp3) is 0.429. The van der Waals surface area contributed by atoms with Gasteiger partial charge >= 0.3 is 0 Å². The number of H-pyrrole nitrogens is 1. The van der Waals surface area contributed by atoms with E-state index in [1.165, 1.54) is 0 Å². The van der Waals surface area contributed by atoms with E-state index in [2.05, 4.69) is 20.9 Å². The highest BCUT2D eigenvalue weighted by Gasteiger charge is 2.45. The quantitative estimate of drug-likeness (QED) is 0.521. The van der Waals surface area contributed by atoms with E-state index in [0.717, 1.165) is 10.9 Å². The molecule has 2 aromatic rings.